The zero-order chi connectivity index (χ0) is 11.0. The third-order valence-electron chi connectivity index (χ3n) is 1.39. The van der Waals surface area contributed by atoms with Gasteiger partial charge in [0, 0.05) is 23.6 Å². The highest BCUT2D eigenvalue weighted by Gasteiger charge is 2.22. The van der Waals surface area contributed by atoms with Crippen LogP contribution in [0.15, 0.2) is 0 Å². The number of phenolic OH excluding ortho intramolecular Hbond substituents is 1. The number of anilines is 1. The van der Waals surface area contributed by atoms with E-state index in [-0.39, 0.29) is 25.8 Å². The standard InChI is InChI=1S/C6HCl6NO/c7-1-3(9)6(14)4(10)2(8)5(1)13(11)12/h14H. The van der Waals surface area contributed by atoms with Gasteiger partial charge in [-0.15, -0.1) is 0 Å². The van der Waals surface area contributed by atoms with Crippen LogP contribution in [0.4, 0.5) is 5.69 Å². The second-order valence-electron chi connectivity index (χ2n) is 2.19. The normalized spacial score (nSPS) is 10.4. The van der Waals surface area contributed by atoms with Crippen molar-refractivity contribution in [3.63, 3.8) is 0 Å². The lowest BCUT2D eigenvalue weighted by Crippen LogP contribution is -1.95. The molecule has 1 N–H and O–H groups in total. The van der Waals surface area contributed by atoms with Crippen LogP contribution in [0, 0.1) is 0 Å². The molecule has 0 aliphatic heterocycles. The highest BCUT2D eigenvalue weighted by atomic mass is 35.5. The van der Waals surface area contributed by atoms with Gasteiger partial charge < -0.3 is 5.11 Å². The third-order valence-corrected chi connectivity index (χ3v) is 3.39. The molecule has 1 rings (SSSR count). The Balaban J connectivity index is 3.60. The van der Waals surface area contributed by atoms with Crippen molar-refractivity contribution >= 4 is 75.6 Å². The van der Waals surface area contributed by atoms with E-state index in [1.54, 1.807) is 0 Å². The van der Waals surface area contributed by atoms with Crippen LogP contribution in [0.25, 0.3) is 0 Å². The Morgan fingerprint density at radius 1 is 0.786 bits per heavy atom. The monoisotopic (exact) mass is 313 g/mol. The number of hydrogen-bond donors (Lipinski definition) is 1. The predicted molar refractivity (Wildman–Crippen MR) is 62.3 cm³/mol. The molecule has 0 unspecified atom stereocenters. The summed E-state index contributed by atoms with van der Waals surface area (Å²) in [7, 11) is 0. The molecule has 14 heavy (non-hydrogen) atoms. The highest BCUT2D eigenvalue weighted by Crippen LogP contribution is 2.50. The van der Waals surface area contributed by atoms with Gasteiger partial charge in [-0.1, -0.05) is 46.4 Å². The van der Waals surface area contributed by atoms with Crippen LogP contribution in [0.2, 0.25) is 20.1 Å². The molecule has 0 amide bonds. The maximum atomic E-state index is 9.34. The molecule has 1 aromatic rings. The van der Waals surface area contributed by atoms with Gasteiger partial charge in [-0.25, -0.2) is 0 Å². The molecule has 0 saturated heterocycles. The molecule has 0 heterocycles. The highest BCUT2D eigenvalue weighted by molar-refractivity contribution is 6.57. The van der Waals surface area contributed by atoms with Gasteiger partial charge in [-0.2, -0.15) is 3.94 Å². The van der Waals surface area contributed by atoms with E-state index in [1.807, 2.05) is 0 Å². The smallest absolute Gasteiger partial charge is 0.156 e. The van der Waals surface area contributed by atoms with Crippen LogP contribution in [0.1, 0.15) is 0 Å². The van der Waals surface area contributed by atoms with Crippen molar-refractivity contribution in [2.75, 3.05) is 3.94 Å². The van der Waals surface area contributed by atoms with Crippen molar-refractivity contribution in [3.05, 3.63) is 20.1 Å². The van der Waals surface area contributed by atoms with Crippen molar-refractivity contribution in [1.82, 2.24) is 0 Å². The summed E-state index contributed by atoms with van der Waals surface area (Å²) in [4.78, 5) is 0. The molecular formula is C6HCl6NO. The summed E-state index contributed by atoms with van der Waals surface area (Å²) in [6.07, 6.45) is 0. The first-order chi connectivity index (χ1) is 6.37. The number of phenols is 1. The Hall–Kier alpha value is 0.560. The zero-order valence-electron chi connectivity index (χ0n) is 6.16. The van der Waals surface area contributed by atoms with E-state index in [0.717, 1.165) is 0 Å². The Kier molecular flexibility index (Phi) is 4.15. The maximum Gasteiger partial charge on any atom is 0.156 e. The number of rotatable bonds is 1. The van der Waals surface area contributed by atoms with Crippen molar-refractivity contribution in [2.24, 2.45) is 0 Å². The van der Waals surface area contributed by atoms with Crippen LogP contribution in [-0.4, -0.2) is 5.11 Å². The summed E-state index contributed by atoms with van der Waals surface area (Å²) >= 11 is 33.6. The summed E-state index contributed by atoms with van der Waals surface area (Å²) in [5.74, 6) is -0.415. The van der Waals surface area contributed by atoms with Gasteiger partial charge in [0.1, 0.15) is 15.7 Å². The second kappa shape index (κ2) is 4.60. The molecule has 78 valence electrons. The molecule has 0 aliphatic carbocycles. The van der Waals surface area contributed by atoms with Crippen LogP contribution < -0.4 is 3.94 Å². The lowest BCUT2D eigenvalue weighted by Gasteiger charge is -2.14. The Bertz CT molecular complexity index is 350. The van der Waals surface area contributed by atoms with Gasteiger partial charge in [0.25, 0.3) is 0 Å². The molecule has 0 atom stereocenters. The Morgan fingerprint density at radius 3 is 1.43 bits per heavy atom. The minimum absolute atomic E-state index is 0.0180. The lowest BCUT2D eigenvalue weighted by atomic mass is 10.3. The van der Waals surface area contributed by atoms with Gasteiger partial charge in [0.2, 0.25) is 0 Å². The average Bonchev–Trinajstić information content (AvgIpc) is 2.11. The first kappa shape index (κ1) is 12.6. The van der Waals surface area contributed by atoms with E-state index < -0.39 is 5.75 Å². The van der Waals surface area contributed by atoms with E-state index in [9.17, 15) is 5.11 Å². The van der Waals surface area contributed by atoms with Crippen molar-refractivity contribution in [1.29, 1.82) is 0 Å². The van der Waals surface area contributed by atoms with E-state index >= 15 is 0 Å². The fraction of sp³-hybridized carbons (Fsp3) is 0. The summed E-state index contributed by atoms with van der Waals surface area (Å²) in [6, 6.07) is 0. The van der Waals surface area contributed by atoms with Crippen LogP contribution in [0.3, 0.4) is 0 Å². The van der Waals surface area contributed by atoms with Gasteiger partial charge in [0.15, 0.2) is 5.75 Å². The number of aromatic hydroxyl groups is 1. The summed E-state index contributed by atoms with van der Waals surface area (Å²) in [5, 5.41) is 8.85. The van der Waals surface area contributed by atoms with Crippen molar-refractivity contribution in [3.8, 4) is 5.75 Å². The summed E-state index contributed by atoms with van der Waals surface area (Å²) < 4.78 is 0.613. The SMILES string of the molecule is Oc1c(Cl)c(Cl)c(N(Cl)Cl)c(Cl)c1Cl. The van der Waals surface area contributed by atoms with Gasteiger partial charge in [-0.05, 0) is 0 Å². The van der Waals surface area contributed by atoms with Crippen molar-refractivity contribution < 1.29 is 5.11 Å². The minimum Gasteiger partial charge on any atom is -0.505 e. The molecule has 0 aromatic heterocycles. The summed E-state index contributed by atoms with van der Waals surface area (Å²) in [5.41, 5.74) is 0.0180. The first-order valence-electron chi connectivity index (χ1n) is 3.04. The molecule has 1 aromatic carbocycles. The Labute approximate surface area is 110 Å². The molecule has 0 bridgehead atoms. The quantitative estimate of drug-likeness (QED) is 0.574. The van der Waals surface area contributed by atoms with E-state index in [4.69, 9.17) is 70.0 Å². The molecule has 8 heteroatoms. The molecule has 0 saturated carbocycles. The second-order valence-corrected chi connectivity index (χ2v) is 4.55. The zero-order valence-corrected chi connectivity index (χ0v) is 10.7. The molecule has 0 aliphatic rings. The van der Waals surface area contributed by atoms with Crippen molar-refractivity contribution in [2.45, 2.75) is 0 Å². The number of nitrogens with zero attached hydrogens (tertiary/aromatic N) is 1. The van der Waals surface area contributed by atoms with Crippen LogP contribution in [-0.2, 0) is 0 Å². The van der Waals surface area contributed by atoms with E-state index in [1.165, 1.54) is 0 Å². The topological polar surface area (TPSA) is 23.5 Å². The number of hydrogen-bond acceptors (Lipinski definition) is 2. The van der Waals surface area contributed by atoms with Gasteiger partial charge in [0.05, 0.1) is 10.0 Å². The molecule has 0 spiro atoms. The molecule has 0 radical (unpaired) electrons. The fourth-order valence-electron chi connectivity index (χ4n) is 0.757. The average molecular weight is 316 g/mol. The minimum atomic E-state index is -0.415. The Morgan fingerprint density at radius 2 is 1.14 bits per heavy atom. The third kappa shape index (κ3) is 2.06. The van der Waals surface area contributed by atoms with Gasteiger partial charge >= 0.3 is 0 Å². The molecular weight excluding hydrogens is 315 g/mol. The van der Waals surface area contributed by atoms with Crippen LogP contribution in [0.5, 0.6) is 5.75 Å². The lowest BCUT2D eigenvalue weighted by molar-refractivity contribution is 0.476. The van der Waals surface area contributed by atoms with E-state index in [2.05, 4.69) is 0 Å². The molecule has 0 fully saturated rings. The largest absolute Gasteiger partial charge is 0.505 e. The molecule has 2 nitrogen and oxygen atoms in total. The van der Waals surface area contributed by atoms with E-state index in [0.29, 0.717) is 3.94 Å². The van der Waals surface area contributed by atoms with Gasteiger partial charge in [-0.3, -0.25) is 0 Å². The fourth-order valence-corrected chi connectivity index (χ4v) is 2.27. The number of benzene rings is 1. The number of halogens is 6. The van der Waals surface area contributed by atoms with Crippen LogP contribution >= 0.6 is 70.0 Å². The maximum absolute atomic E-state index is 9.34. The predicted octanol–water partition coefficient (Wildman–Crippen LogP) is 5.12. The summed E-state index contributed by atoms with van der Waals surface area (Å²) in [6.45, 7) is 0. The first-order valence-corrected chi connectivity index (χ1v) is 5.23.